The predicted molar refractivity (Wildman–Crippen MR) is 39.4 cm³/mol. The van der Waals surface area contributed by atoms with Gasteiger partial charge in [-0.15, -0.1) is 0 Å². The van der Waals surface area contributed by atoms with Crippen LogP contribution >= 0.6 is 0 Å². The minimum absolute atomic E-state index is 0.0116. The molecular weight excluding hydrogens is 164 g/mol. The highest BCUT2D eigenvalue weighted by Crippen LogP contribution is 2.33. The SMILES string of the molecule is CC1(O)OC1OCCOCCO. The van der Waals surface area contributed by atoms with Crippen molar-refractivity contribution >= 4 is 0 Å². The molecule has 0 spiro atoms. The molecule has 0 amide bonds. The molecule has 2 unspecified atom stereocenters. The Hall–Kier alpha value is -0.200. The first kappa shape index (κ1) is 9.88. The molecule has 1 fully saturated rings. The van der Waals surface area contributed by atoms with E-state index in [0.29, 0.717) is 19.8 Å². The highest BCUT2D eigenvalue weighted by atomic mass is 16.9. The van der Waals surface area contributed by atoms with E-state index in [0.717, 1.165) is 0 Å². The fourth-order valence-corrected chi connectivity index (χ4v) is 0.752. The average Bonchev–Trinajstić information content (AvgIpc) is 2.59. The fraction of sp³-hybridized carbons (Fsp3) is 1.00. The summed E-state index contributed by atoms with van der Waals surface area (Å²) in [6.45, 7) is 2.62. The van der Waals surface area contributed by atoms with E-state index < -0.39 is 12.1 Å². The van der Waals surface area contributed by atoms with Gasteiger partial charge < -0.3 is 24.4 Å². The van der Waals surface area contributed by atoms with Crippen LogP contribution in [0.1, 0.15) is 6.92 Å². The lowest BCUT2D eigenvalue weighted by molar-refractivity contribution is -0.00503. The summed E-state index contributed by atoms with van der Waals surface area (Å²) >= 11 is 0. The minimum Gasteiger partial charge on any atom is -0.394 e. The van der Waals surface area contributed by atoms with E-state index in [9.17, 15) is 0 Å². The van der Waals surface area contributed by atoms with Gasteiger partial charge in [0.15, 0.2) is 0 Å². The van der Waals surface area contributed by atoms with E-state index in [-0.39, 0.29) is 6.61 Å². The van der Waals surface area contributed by atoms with E-state index in [1.54, 1.807) is 0 Å². The minimum atomic E-state index is -1.11. The van der Waals surface area contributed by atoms with Crippen molar-refractivity contribution in [2.75, 3.05) is 26.4 Å². The van der Waals surface area contributed by atoms with Crippen LogP contribution < -0.4 is 0 Å². The molecule has 0 aliphatic carbocycles. The topological polar surface area (TPSA) is 71.5 Å². The molecule has 72 valence electrons. The molecule has 1 rings (SSSR count). The summed E-state index contributed by atoms with van der Waals surface area (Å²) in [5, 5.41) is 17.4. The van der Waals surface area contributed by atoms with Crippen LogP contribution in [0.2, 0.25) is 0 Å². The molecule has 0 bridgehead atoms. The van der Waals surface area contributed by atoms with Crippen LogP contribution in [0.25, 0.3) is 0 Å². The zero-order valence-electron chi connectivity index (χ0n) is 7.02. The quantitative estimate of drug-likeness (QED) is 0.406. The molecule has 5 nitrogen and oxygen atoms in total. The second-order valence-electron chi connectivity index (χ2n) is 2.71. The Balaban J connectivity index is 1.85. The third-order valence-corrected chi connectivity index (χ3v) is 1.46. The van der Waals surface area contributed by atoms with Crippen LogP contribution in [0.4, 0.5) is 0 Å². The van der Waals surface area contributed by atoms with Crippen molar-refractivity contribution in [2.45, 2.75) is 19.0 Å². The number of hydrogen-bond donors (Lipinski definition) is 2. The Bertz CT molecular complexity index is 136. The Kier molecular flexibility index (Phi) is 3.42. The van der Waals surface area contributed by atoms with Crippen LogP contribution in [0, 0.1) is 0 Å². The van der Waals surface area contributed by atoms with Crippen molar-refractivity contribution in [3.8, 4) is 0 Å². The first-order valence-corrected chi connectivity index (χ1v) is 3.87. The summed E-state index contributed by atoms with van der Waals surface area (Å²) in [4.78, 5) is 0. The molecule has 0 radical (unpaired) electrons. The van der Waals surface area contributed by atoms with Crippen molar-refractivity contribution in [3.05, 3.63) is 0 Å². The van der Waals surface area contributed by atoms with E-state index in [2.05, 4.69) is 0 Å². The molecule has 1 heterocycles. The second kappa shape index (κ2) is 4.15. The smallest absolute Gasteiger partial charge is 0.217 e. The molecule has 1 aliphatic rings. The zero-order valence-corrected chi connectivity index (χ0v) is 7.02. The van der Waals surface area contributed by atoms with Crippen LogP contribution in [-0.2, 0) is 14.2 Å². The first-order valence-electron chi connectivity index (χ1n) is 3.87. The van der Waals surface area contributed by atoms with E-state index in [1.807, 2.05) is 0 Å². The number of rotatable bonds is 6. The third kappa shape index (κ3) is 3.04. The molecule has 0 aromatic carbocycles. The number of hydrogen-bond acceptors (Lipinski definition) is 5. The van der Waals surface area contributed by atoms with Crippen molar-refractivity contribution < 1.29 is 24.4 Å². The van der Waals surface area contributed by atoms with Gasteiger partial charge in [0.05, 0.1) is 26.4 Å². The molecule has 0 aromatic heterocycles. The normalized spacial score (nSPS) is 33.8. The molecule has 0 aromatic rings. The summed E-state index contributed by atoms with van der Waals surface area (Å²) in [5.74, 6) is -1.11. The van der Waals surface area contributed by atoms with Gasteiger partial charge in [-0.3, -0.25) is 0 Å². The second-order valence-corrected chi connectivity index (χ2v) is 2.71. The first-order chi connectivity index (χ1) is 5.67. The van der Waals surface area contributed by atoms with Gasteiger partial charge >= 0.3 is 0 Å². The molecule has 2 N–H and O–H groups in total. The molecule has 5 heteroatoms. The molecule has 1 aliphatic heterocycles. The zero-order chi connectivity index (χ0) is 9.03. The molecule has 2 atom stereocenters. The van der Waals surface area contributed by atoms with E-state index in [4.69, 9.17) is 24.4 Å². The summed E-state index contributed by atoms with van der Waals surface area (Å²) in [6.07, 6.45) is -0.518. The van der Waals surface area contributed by atoms with Gasteiger partial charge in [-0.25, -0.2) is 0 Å². The summed E-state index contributed by atoms with van der Waals surface area (Å²) < 4.78 is 14.7. The average molecular weight is 178 g/mol. The van der Waals surface area contributed by atoms with Gasteiger partial charge in [0, 0.05) is 0 Å². The van der Waals surface area contributed by atoms with Crippen molar-refractivity contribution in [1.82, 2.24) is 0 Å². The lowest BCUT2D eigenvalue weighted by Crippen LogP contribution is -2.14. The largest absolute Gasteiger partial charge is 0.394 e. The maximum absolute atomic E-state index is 9.07. The monoisotopic (exact) mass is 178 g/mol. The van der Waals surface area contributed by atoms with Gasteiger partial charge in [-0.05, 0) is 6.92 Å². The van der Waals surface area contributed by atoms with Gasteiger partial charge in [-0.2, -0.15) is 0 Å². The van der Waals surface area contributed by atoms with Gasteiger partial charge in [0.1, 0.15) is 0 Å². The van der Waals surface area contributed by atoms with Crippen LogP contribution in [0.5, 0.6) is 0 Å². The van der Waals surface area contributed by atoms with Gasteiger partial charge in [0.2, 0.25) is 12.1 Å². The predicted octanol–water partition coefficient (Wildman–Crippen LogP) is -0.923. The van der Waals surface area contributed by atoms with Crippen molar-refractivity contribution in [1.29, 1.82) is 0 Å². The maximum atomic E-state index is 9.07. The standard InChI is InChI=1S/C7H14O5/c1-7(9)6(12-7)11-5-4-10-3-2-8/h6,8-9H,2-5H2,1H3. The Morgan fingerprint density at radius 2 is 2.08 bits per heavy atom. The molecule has 0 saturated carbocycles. The Morgan fingerprint density at radius 3 is 2.58 bits per heavy atom. The summed E-state index contributed by atoms with van der Waals surface area (Å²) in [5.41, 5.74) is 0. The van der Waals surface area contributed by atoms with Crippen LogP contribution in [0.3, 0.4) is 0 Å². The van der Waals surface area contributed by atoms with Gasteiger partial charge in [-0.1, -0.05) is 0 Å². The number of aliphatic hydroxyl groups is 2. The summed E-state index contributed by atoms with van der Waals surface area (Å²) in [7, 11) is 0. The maximum Gasteiger partial charge on any atom is 0.217 e. The van der Waals surface area contributed by atoms with E-state index in [1.165, 1.54) is 6.92 Å². The molecular formula is C7H14O5. The highest BCUT2D eigenvalue weighted by molar-refractivity contribution is 4.80. The third-order valence-electron chi connectivity index (χ3n) is 1.46. The number of epoxide rings is 1. The van der Waals surface area contributed by atoms with Crippen molar-refractivity contribution in [3.63, 3.8) is 0 Å². The van der Waals surface area contributed by atoms with Crippen molar-refractivity contribution in [2.24, 2.45) is 0 Å². The fourth-order valence-electron chi connectivity index (χ4n) is 0.752. The lowest BCUT2D eigenvalue weighted by Gasteiger charge is -2.01. The lowest BCUT2D eigenvalue weighted by atomic mass is 10.4. The van der Waals surface area contributed by atoms with Gasteiger partial charge in [0.25, 0.3) is 0 Å². The summed E-state index contributed by atoms with van der Waals surface area (Å²) in [6, 6.07) is 0. The Morgan fingerprint density at radius 1 is 1.42 bits per heavy atom. The Labute approximate surface area is 70.9 Å². The van der Waals surface area contributed by atoms with Crippen LogP contribution in [0.15, 0.2) is 0 Å². The van der Waals surface area contributed by atoms with Crippen LogP contribution in [-0.4, -0.2) is 48.7 Å². The highest BCUT2D eigenvalue weighted by Gasteiger charge is 2.52. The molecule has 1 saturated heterocycles. The number of ether oxygens (including phenoxy) is 3. The number of aliphatic hydroxyl groups excluding tert-OH is 1. The molecule has 12 heavy (non-hydrogen) atoms. The van der Waals surface area contributed by atoms with E-state index >= 15 is 0 Å².